The van der Waals surface area contributed by atoms with Gasteiger partial charge in [0.05, 0.1) is 5.69 Å². The zero-order valence-electron chi connectivity index (χ0n) is 36.5. The van der Waals surface area contributed by atoms with E-state index in [1.54, 1.807) is 0 Å². The summed E-state index contributed by atoms with van der Waals surface area (Å²) in [6, 6.07) is 100. The second-order valence-corrected chi connectivity index (χ2v) is 16.6. The summed E-state index contributed by atoms with van der Waals surface area (Å²) in [6.07, 6.45) is 0. The molecule has 0 heterocycles. The third kappa shape index (κ3) is 8.28. The van der Waals surface area contributed by atoms with Crippen LogP contribution in [0.25, 0.3) is 66.4 Å². The van der Waals surface area contributed by atoms with Gasteiger partial charge >= 0.3 is 0 Å². The summed E-state index contributed by atoms with van der Waals surface area (Å²) in [5.74, 6) is 0. The summed E-state index contributed by atoms with van der Waals surface area (Å²) in [4.78, 5) is 4.69. The maximum absolute atomic E-state index is 2.35. The first-order chi connectivity index (χ1) is 32.7. The molecule has 0 atom stereocenters. The van der Waals surface area contributed by atoms with Crippen LogP contribution in [0.5, 0.6) is 0 Å². The van der Waals surface area contributed by atoms with Gasteiger partial charge in [0, 0.05) is 33.8 Å². The van der Waals surface area contributed by atoms with Crippen LogP contribution in [0, 0.1) is 0 Å². The van der Waals surface area contributed by atoms with Crippen molar-refractivity contribution in [2.45, 2.75) is 0 Å². The summed E-state index contributed by atoms with van der Waals surface area (Å²) in [5.41, 5.74) is 18.6. The van der Waals surface area contributed by atoms with Crippen LogP contribution in [-0.4, -0.2) is 0 Å². The van der Waals surface area contributed by atoms with Crippen LogP contribution in [-0.2, 0) is 0 Å². The van der Waals surface area contributed by atoms with Crippen molar-refractivity contribution in [1.29, 1.82) is 0 Å². The average molecular weight is 843 g/mol. The molecular weight excluding hydrogens is 797 g/mol. The standard InChI is InChI=1S/C64H46N2/c1-4-14-47(15-5-1)51-30-38-59(39-31-51)65(61-42-36-54(37-43-61)57-21-12-20-56(46-57)48-16-6-2-7-17-48)60-40-32-52(33-41-60)49-26-28-50(29-27-49)53-34-44-62(45-35-53)66(58-22-8-3-9-23-58)64-25-13-19-55-18-10-11-24-63(55)64/h1-46H. The predicted molar refractivity (Wildman–Crippen MR) is 280 cm³/mol. The van der Waals surface area contributed by atoms with Crippen LogP contribution in [0.15, 0.2) is 279 Å². The Labute approximate surface area is 387 Å². The van der Waals surface area contributed by atoms with E-state index in [0.29, 0.717) is 0 Å². The van der Waals surface area contributed by atoms with Crippen LogP contribution < -0.4 is 9.80 Å². The molecule has 0 saturated carbocycles. The Morgan fingerprint density at radius 3 is 0.939 bits per heavy atom. The summed E-state index contributed by atoms with van der Waals surface area (Å²) < 4.78 is 0. The van der Waals surface area contributed by atoms with Gasteiger partial charge in [-0.3, -0.25) is 0 Å². The number of hydrogen-bond donors (Lipinski definition) is 0. The fourth-order valence-electron chi connectivity index (χ4n) is 9.06. The van der Waals surface area contributed by atoms with E-state index < -0.39 is 0 Å². The molecule has 0 radical (unpaired) electrons. The van der Waals surface area contributed by atoms with Crippen LogP contribution in [0.2, 0.25) is 0 Å². The van der Waals surface area contributed by atoms with Crippen molar-refractivity contribution in [3.63, 3.8) is 0 Å². The van der Waals surface area contributed by atoms with E-state index in [4.69, 9.17) is 0 Å². The molecule has 0 bridgehead atoms. The molecule has 0 aliphatic heterocycles. The molecule has 0 saturated heterocycles. The molecule has 0 aliphatic rings. The second-order valence-electron chi connectivity index (χ2n) is 16.6. The van der Waals surface area contributed by atoms with Gasteiger partial charge < -0.3 is 9.80 Å². The van der Waals surface area contributed by atoms with Gasteiger partial charge in [-0.15, -0.1) is 0 Å². The molecule has 0 aromatic heterocycles. The fraction of sp³-hybridized carbons (Fsp3) is 0. The first-order valence-corrected chi connectivity index (χ1v) is 22.6. The lowest BCUT2D eigenvalue weighted by Crippen LogP contribution is -2.10. The van der Waals surface area contributed by atoms with E-state index >= 15 is 0 Å². The molecule has 11 aromatic rings. The third-order valence-electron chi connectivity index (χ3n) is 12.5. The minimum absolute atomic E-state index is 1.09. The number of para-hydroxylation sites is 1. The van der Waals surface area contributed by atoms with Gasteiger partial charge in [-0.1, -0.05) is 206 Å². The smallest absolute Gasteiger partial charge is 0.0540 e. The fourth-order valence-corrected chi connectivity index (χ4v) is 9.06. The van der Waals surface area contributed by atoms with Crippen molar-refractivity contribution >= 4 is 44.9 Å². The minimum atomic E-state index is 1.09. The molecule has 0 amide bonds. The van der Waals surface area contributed by atoms with Crippen molar-refractivity contribution in [1.82, 2.24) is 0 Å². The van der Waals surface area contributed by atoms with Gasteiger partial charge in [-0.05, 0) is 134 Å². The van der Waals surface area contributed by atoms with Crippen LogP contribution in [0.3, 0.4) is 0 Å². The van der Waals surface area contributed by atoms with Gasteiger partial charge in [0.15, 0.2) is 0 Å². The van der Waals surface area contributed by atoms with Crippen molar-refractivity contribution in [3.8, 4) is 55.6 Å². The Balaban J connectivity index is 0.866. The normalized spacial score (nSPS) is 11.0. The maximum atomic E-state index is 2.35. The van der Waals surface area contributed by atoms with E-state index in [1.807, 2.05) is 0 Å². The lowest BCUT2D eigenvalue weighted by Gasteiger charge is -2.27. The largest absolute Gasteiger partial charge is 0.311 e. The Morgan fingerprint density at radius 2 is 0.470 bits per heavy atom. The van der Waals surface area contributed by atoms with Gasteiger partial charge in [0.1, 0.15) is 0 Å². The van der Waals surface area contributed by atoms with Gasteiger partial charge in [0.25, 0.3) is 0 Å². The molecule has 0 aliphatic carbocycles. The quantitative estimate of drug-likeness (QED) is 0.128. The van der Waals surface area contributed by atoms with Gasteiger partial charge in [-0.25, -0.2) is 0 Å². The molecule has 2 heteroatoms. The van der Waals surface area contributed by atoms with Crippen LogP contribution in [0.4, 0.5) is 34.1 Å². The number of anilines is 6. The summed E-state index contributed by atoms with van der Waals surface area (Å²) >= 11 is 0. The van der Waals surface area contributed by atoms with Crippen molar-refractivity contribution in [2.75, 3.05) is 9.80 Å². The monoisotopic (exact) mass is 842 g/mol. The maximum Gasteiger partial charge on any atom is 0.0540 e. The minimum Gasteiger partial charge on any atom is -0.311 e. The average Bonchev–Trinajstić information content (AvgIpc) is 3.41. The summed E-state index contributed by atoms with van der Waals surface area (Å²) in [6.45, 7) is 0. The number of nitrogens with zero attached hydrogens (tertiary/aromatic N) is 2. The number of hydrogen-bond acceptors (Lipinski definition) is 2. The highest BCUT2D eigenvalue weighted by Gasteiger charge is 2.17. The Kier molecular flexibility index (Phi) is 11.0. The van der Waals surface area contributed by atoms with Crippen molar-refractivity contribution in [3.05, 3.63) is 279 Å². The lowest BCUT2D eigenvalue weighted by atomic mass is 9.98. The van der Waals surface area contributed by atoms with E-state index in [1.165, 1.54) is 66.4 Å². The predicted octanol–water partition coefficient (Wildman–Crippen LogP) is 18.1. The molecule has 11 rings (SSSR count). The summed E-state index contributed by atoms with van der Waals surface area (Å²) in [5, 5.41) is 2.44. The SMILES string of the molecule is c1ccc(-c2ccc(N(c3ccc(-c4ccc(-c5ccc(N(c6ccccc6)c6cccc7ccccc67)cc5)cc4)cc3)c3ccc(-c4cccc(-c5ccccc5)c4)cc3)cc2)cc1. The molecule has 0 spiro atoms. The van der Waals surface area contributed by atoms with Gasteiger partial charge in [0.2, 0.25) is 0 Å². The van der Waals surface area contributed by atoms with E-state index in [-0.39, 0.29) is 0 Å². The Hall–Kier alpha value is -8.72. The third-order valence-corrected chi connectivity index (χ3v) is 12.5. The molecule has 2 nitrogen and oxygen atoms in total. The zero-order chi connectivity index (χ0) is 44.1. The highest BCUT2D eigenvalue weighted by molar-refractivity contribution is 5.99. The van der Waals surface area contributed by atoms with E-state index in [0.717, 1.165) is 34.1 Å². The molecule has 11 aromatic carbocycles. The lowest BCUT2D eigenvalue weighted by molar-refractivity contribution is 1.28. The first kappa shape index (κ1) is 40.1. The molecule has 0 unspecified atom stereocenters. The van der Waals surface area contributed by atoms with E-state index in [9.17, 15) is 0 Å². The Morgan fingerprint density at radius 1 is 0.182 bits per heavy atom. The topological polar surface area (TPSA) is 6.48 Å². The Bertz CT molecular complexity index is 3340. The van der Waals surface area contributed by atoms with E-state index in [2.05, 4.69) is 289 Å². The molecule has 0 N–H and O–H groups in total. The molecule has 312 valence electrons. The zero-order valence-corrected chi connectivity index (χ0v) is 36.5. The molecule has 0 fully saturated rings. The van der Waals surface area contributed by atoms with Crippen molar-refractivity contribution < 1.29 is 0 Å². The highest BCUT2D eigenvalue weighted by atomic mass is 15.1. The number of rotatable bonds is 11. The van der Waals surface area contributed by atoms with Crippen LogP contribution >= 0.6 is 0 Å². The highest BCUT2D eigenvalue weighted by Crippen LogP contribution is 2.41. The number of fused-ring (bicyclic) bond motifs is 1. The van der Waals surface area contributed by atoms with Gasteiger partial charge in [-0.2, -0.15) is 0 Å². The number of benzene rings is 11. The molecular formula is C64H46N2. The first-order valence-electron chi connectivity index (χ1n) is 22.6. The molecule has 66 heavy (non-hydrogen) atoms. The van der Waals surface area contributed by atoms with Crippen LogP contribution in [0.1, 0.15) is 0 Å². The second kappa shape index (κ2) is 18.2. The summed E-state index contributed by atoms with van der Waals surface area (Å²) in [7, 11) is 0. The van der Waals surface area contributed by atoms with Crippen molar-refractivity contribution in [2.24, 2.45) is 0 Å².